The molecular formula is C21H27NO11. The van der Waals surface area contributed by atoms with Crippen molar-refractivity contribution in [2.75, 3.05) is 13.2 Å². The van der Waals surface area contributed by atoms with Gasteiger partial charge in [0, 0.05) is 11.6 Å². The zero-order chi connectivity index (χ0) is 23.9. The van der Waals surface area contributed by atoms with Crippen molar-refractivity contribution in [3.8, 4) is 0 Å². The summed E-state index contributed by atoms with van der Waals surface area (Å²) in [5, 5.41) is 70.5. The molecule has 182 valence electrons. The Bertz CT molecular complexity index is 978. The third kappa shape index (κ3) is 4.49. The minimum Gasteiger partial charge on any atom is -0.481 e. The molecular weight excluding hydrogens is 442 g/mol. The van der Waals surface area contributed by atoms with Gasteiger partial charge in [0.1, 0.15) is 42.7 Å². The second-order valence-electron chi connectivity index (χ2n) is 8.23. The third-order valence-electron chi connectivity index (χ3n) is 6.03. The van der Waals surface area contributed by atoms with Crippen LogP contribution in [-0.4, -0.2) is 109 Å². The van der Waals surface area contributed by atoms with E-state index in [0.717, 1.165) is 0 Å². The lowest BCUT2D eigenvalue weighted by atomic mass is 9.98. The van der Waals surface area contributed by atoms with Crippen LogP contribution < -0.4 is 0 Å². The predicted octanol–water partition coefficient (Wildman–Crippen LogP) is -2.30. The number of aliphatic hydroxyl groups is 6. The smallest absolute Gasteiger partial charge is 0.307 e. The quantitative estimate of drug-likeness (QED) is 0.241. The molecule has 0 aliphatic carbocycles. The molecule has 7 N–H and O–H groups in total. The molecule has 33 heavy (non-hydrogen) atoms. The zero-order valence-electron chi connectivity index (χ0n) is 17.4. The number of hydrogen-bond donors (Lipinski definition) is 7. The first-order valence-corrected chi connectivity index (χ1v) is 10.5. The van der Waals surface area contributed by atoms with Crippen molar-refractivity contribution >= 4 is 16.9 Å². The fraction of sp³-hybridized carbons (Fsp3) is 0.571. The number of ether oxygens (including phenoxy) is 3. The summed E-state index contributed by atoms with van der Waals surface area (Å²) in [6.45, 7) is -0.914. The summed E-state index contributed by atoms with van der Waals surface area (Å²) < 4.78 is 18.4. The average Bonchev–Trinajstić information content (AvgIpc) is 3.14. The van der Waals surface area contributed by atoms with Gasteiger partial charge in [-0.05, 0) is 11.6 Å². The van der Waals surface area contributed by atoms with Gasteiger partial charge in [0.25, 0.3) is 0 Å². The van der Waals surface area contributed by atoms with Gasteiger partial charge in [0.05, 0.1) is 25.2 Å². The summed E-state index contributed by atoms with van der Waals surface area (Å²) in [4.78, 5) is 11.3. The van der Waals surface area contributed by atoms with E-state index in [1.54, 1.807) is 35.0 Å². The van der Waals surface area contributed by atoms with Crippen LogP contribution in [0.4, 0.5) is 0 Å². The number of benzene rings is 1. The largest absolute Gasteiger partial charge is 0.481 e. The standard InChI is InChI=1S/C21H27NO11/c23-7-13-16(28)17(29)18(30)21(32-13)33-19-15(27)12(24)8-31-20(19)22-6-9(5-14(25)26)10-3-1-2-4-11(10)22/h1-4,6,12-13,15-21,23-24,27-30H,5,7-8H2,(H,25,26)/t12?,13-,15?,16-,17+,18-,19?,20?,21+/m1/s1. The lowest BCUT2D eigenvalue weighted by Gasteiger charge is -2.44. The van der Waals surface area contributed by atoms with Crippen molar-refractivity contribution in [2.24, 2.45) is 0 Å². The van der Waals surface area contributed by atoms with E-state index >= 15 is 0 Å². The molecule has 0 spiro atoms. The maximum absolute atomic E-state index is 11.3. The van der Waals surface area contributed by atoms with Gasteiger partial charge in [-0.3, -0.25) is 4.79 Å². The number of hydrogen-bond acceptors (Lipinski definition) is 10. The Morgan fingerprint density at radius 3 is 2.48 bits per heavy atom. The number of rotatable bonds is 6. The molecule has 12 nitrogen and oxygen atoms in total. The maximum atomic E-state index is 11.3. The number of carboxylic acid groups (broad SMARTS) is 1. The number of aliphatic hydroxyl groups excluding tert-OH is 6. The monoisotopic (exact) mass is 469 g/mol. The lowest BCUT2D eigenvalue weighted by molar-refractivity contribution is -0.341. The van der Waals surface area contributed by atoms with Crippen LogP contribution in [0.25, 0.3) is 10.9 Å². The zero-order valence-corrected chi connectivity index (χ0v) is 17.4. The van der Waals surface area contributed by atoms with E-state index in [0.29, 0.717) is 16.5 Å². The number of nitrogens with zero attached hydrogens (tertiary/aromatic N) is 1. The van der Waals surface area contributed by atoms with Gasteiger partial charge in [0.15, 0.2) is 12.5 Å². The van der Waals surface area contributed by atoms with Crippen molar-refractivity contribution in [1.29, 1.82) is 0 Å². The van der Waals surface area contributed by atoms with Crippen LogP contribution in [0.15, 0.2) is 30.5 Å². The summed E-state index contributed by atoms with van der Waals surface area (Å²) >= 11 is 0. The van der Waals surface area contributed by atoms with Crippen LogP contribution >= 0.6 is 0 Å². The Hall–Kier alpha value is -2.13. The van der Waals surface area contributed by atoms with Crippen LogP contribution in [0.1, 0.15) is 11.8 Å². The van der Waals surface area contributed by atoms with Gasteiger partial charge in [-0.15, -0.1) is 0 Å². The SMILES string of the molecule is O=C(O)Cc1cn(C2OCC(O)C(O)C2O[C@@H]2O[C@H](CO)[C@@H](O)[C@H](O)[C@H]2O)c2ccccc12. The molecule has 2 aromatic rings. The van der Waals surface area contributed by atoms with Crippen molar-refractivity contribution in [3.63, 3.8) is 0 Å². The highest BCUT2D eigenvalue weighted by molar-refractivity contribution is 5.87. The molecule has 2 fully saturated rings. The third-order valence-corrected chi connectivity index (χ3v) is 6.03. The van der Waals surface area contributed by atoms with Crippen LogP contribution in [0, 0.1) is 0 Å². The van der Waals surface area contributed by atoms with E-state index in [2.05, 4.69) is 0 Å². The molecule has 0 radical (unpaired) electrons. The number of carboxylic acids is 1. The summed E-state index contributed by atoms with van der Waals surface area (Å²) in [5.41, 5.74) is 1.08. The van der Waals surface area contributed by atoms with Crippen molar-refractivity contribution in [2.45, 2.75) is 61.7 Å². The van der Waals surface area contributed by atoms with Crippen LogP contribution in [0.3, 0.4) is 0 Å². The van der Waals surface area contributed by atoms with E-state index < -0.39 is 67.8 Å². The van der Waals surface area contributed by atoms with E-state index in [1.165, 1.54) is 0 Å². The Labute approximate surface area is 187 Å². The fourth-order valence-electron chi connectivity index (χ4n) is 4.29. The Balaban J connectivity index is 1.69. The number of carbonyl (C=O) groups is 1. The van der Waals surface area contributed by atoms with Crippen molar-refractivity contribution in [3.05, 3.63) is 36.0 Å². The lowest BCUT2D eigenvalue weighted by Crippen LogP contribution is -2.62. The molecule has 1 aromatic heterocycles. The predicted molar refractivity (Wildman–Crippen MR) is 109 cm³/mol. The molecule has 0 bridgehead atoms. The molecule has 4 rings (SSSR count). The van der Waals surface area contributed by atoms with Gasteiger partial charge < -0.3 is 54.5 Å². The highest BCUT2D eigenvalue weighted by Gasteiger charge is 2.49. The van der Waals surface area contributed by atoms with Gasteiger partial charge in [-0.1, -0.05) is 18.2 Å². The second-order valence-corrected chi connectivity index (χ2v) is 8.23. The molecule has 0 amide bonds. The summed E-state index contributed by atoms with van der Waals surface area (Å²) in [6.07, 6.45) is -11.8. The van der Waals surface area contributed by atoms with Gasteiger partial charge in [-0.2, -0.15) is 0 Å². The molecule has 4 unspecified atom stereocenters. The minimum absolute atomic E-state index is 0.249. The Morgan fingerprint density at radius 2 is 1.79 bits per heavy atom. The average molecular weight is 469 g/mol. The van der Waals surface area contributed by atoms with E-state index in [4.69, 9.17) is 14.2 Å². The number of aliphatic carboxylic acids is 1. The van der Waals surface area contributed by atoms with Crippen LogP contribution in [-0.2, 0) is 25.4 Å². The fourth-order valence-corrected chi connectivity index (χ4v) is 4.29. The highest BCUT2D eigenvalue weighted by atomic mass is 16.7. The van der Waals surface area contributed by atoms with E-state index in [1.807, 2.05) is 0 Å². The molecule has 2 aliphatic rings. The Kier molecular flexibility index (Phi) is 7.00. The molecule has 1 aromatic carbocycles. The second kappa shape index (κ2) is 9.62. The van der Waals surface area contributed by atoms with Gasteiger partial charge in [0.2, 0.25) is 0 Å². The first-order valence-electron chi connectivity index (χ1n) is 10.5. The topological polar surface area (TPSA) is 191 Å². The Morgan fingerprint density at radius 1 is 1.06 bits per heavy atom. The highest BCUT2D eigenvalue weighted by Crippen LogP contribution is 2.35. The number of fused-ring (bicyclic) bond motifs is 1. The molecule has 2 saturated heterocycles. The maximum Gasteiger partial charge on any atom is 0.307 e. The molecule has 0 saturated carbocycles. The van der Waals surface area contributed by atoms with Crippen LogP contribution in [0.2, 0.25) is 0 Å². The number of aromatic nitrogens is 1. The van der Waals surface area contributed by atoms with Crippen molar-refractivity contribution in [1.82, 2.24) is 4.57 Å². The van der Waals surface area contributed by atoms with Gasteiger partial charge in [-0.25, -0.2) is 0 Å². The van der Waals surface area contributed by atoms with Crippen LogP contribution in [0.5, 0.6) is 0 Å². The van der Waals surface area contributed by atoms with E-state index in [9.17, 15) is 40.5 Å². The molecule has 12 heteroatoms. The first kappa shape index (κ1) is 24.0. The number of para-hydroxylation sites is 1. The summed E-state index contributed by atoms with van der Waals surface area (Å²) in [7, 11) is 0. The minimum atomic E-state index is -1.72. The summed E-state index contributed by atoms with van der Waals surface area (Å²) in [6, 6.07) is 6.96. The van der Waals surface area contributed by atoms with Crippen molar-refractivity contribution < 1.29 is 54.8 Å². The molecule has 3 heterocycles. The van der Waals surface area contributed by atoms with Gasteiger partial charge >= 0.3 is 5.97 Å². The van der Waals surface area contributed by atoms with E-state index in [-0.39, 0.29) is 13.0 Å². The first-order chi connectivity index (χ1) is 15.7. The molecule has 9 atom stereocenters. The normalized spacial score (nSPS) is 37.3. The molecule has 2 aliphatic heterocycles. The summed E-state index contributed by atoms with van der Waals surface area (Å²) in [5.74, 6) is -1.04.